The Morgan fingerprint density at radius 3 is 2.92 bits per heavy atom. The van der Waals surface area contributed by atoms with Crippen molar-refractivity contribution in [1.82, 2.24) is 20.2 Å². The van der Waals surface area contributed by atoms with E-state index >= 15 is 0 Å². The number of aromatic nitrogens is 4. The van der Waals surface area contributed by atoms with E-state index in [0.717, 1.165) is 18.4 Å². The van der Waals surface area contributed by atoms with Crippen molar-refractivity contribution in [3.63, 3.8) is 0 Å². The van der Waals surface area contributed by atoms with Gasteiger partial charge in [0.25, 0.3) is 0 Å². The Hall–Kier alpha value is -2.90. The van der Waals surface area contributed by atoms with Crippen LogP contribution in [0.2, 0.25) is 0 Å². The van der Waals surface area contributed by atoms with Gasteiger partial charge >= 0.3 is 5.97 Å². The first kappa shape index (κ1) is 16.9. The van der Waals surface area contributed by atoms with Crippen molar-refractivity contribution in [1.29, 1.82) is 0 Å². The molecule has 1 aliphatic heterocycles. The molecule has 2 aromatic rings. The largest absolute Gasteiger partial charge is 0.493 e. The second-order valence-corrected chi connectivity index (χ2v) is 5.74. The quantitative estimate of drug-likeness (QED) is 0.635. The lowest BCUT2D eigenvalue weighted by Gasteiger charge is -2.28. The lowest BCUT2D eigenvalue weighted by Crippen LogP contribution is -2.29. The highest BCUT2D eigenvalue weighted by Gasteiger charge is 2.36. The zero-order valence-electron chi connectivity index (χ0n) is 14.5. The molecule has 25 heavy (non-hydrogen) atoms. The van der Waals surface area contributed by atoms with Crippen LogP contribution >= 0.6 is 0 Å². The Bertz CT molecular complexity index is 799. The number of carbonyl (C=O) groups is 1. The predicted molar refractivity (Wildman–Crippen MR) is 91.1 cm³/mol. The van der Waals surface area contributed by atoms with Gasteiger partial charge in [-0.25, -0.2) is 4.79 Å². The summed E-state index contributed by atoms with van der Waals surface area (Å²) in [7, 11) is 1.36. The van der Waals surface area contributed by atoms with E-state index in [1.165, 1.54) is 7.11 Å². The van der Waals surface area contributed by atoms with Crippen LogP contribution in [0.5, 0.6) is 5.75 Å². The van der Waals surface area contributed by atoms with Crippen LogP contribution in [0.4, 0.5) is 5.95 Å². The molecule has 0 fully saturated rings. The zero-order valence-corrected chi connectivity index (χ0v) is 14.5. The van der Waals surface area contributed by atoms with Crippen LogP contribution in [0.25, 0.3) is 0 Å². The average molecular weight is 343 g/mol. The standard InChI is InChI=1S/C17H21N5O3/c1-4-5-10-25-13-9-7-6-8-12(13)15-14(16(23)24-3)11(2)18-17-19-20-21-22(15)17/h6-9,15H,4-5,10H2,1-3H3,(H,18,19,21)/t15-/m0/s1. The highest BCUT2D eigenvalue weighted by atomic mass is 16.5. The van der Waals surface area contributed by atoms with Gasteiger partial charge in [0, 0.05) is 11.3 Å². The van der Waals surface area contributed by atoms with Crippen LogP contribution in [0.15, 0.2) is 35.5 Å². The molecule has 0 saturated heterocycles. The number of nitrogens with one attached hydrogen (secondary N) is 1. The normalized spacial score (nSPS) is 16.2. The Kier molecular flexibility index (Phi) is 4.97. The number of anilines is 1. The summed E-state index contributed by atoms with van der Waals surface area (Å²) in [6, 6.07) is 7.09. The fourth-order valence-electron chi connectivity index (χ4n) is 2.84. The smallest absolute Gasteiger partial charge is 0.338 e. The maximum Gasteiger partial charge on any atom is 0.338 e. The predicted octanol–water partition coefficient (Wildman–Crippen LogP) is 2.31. The summed E-state index contributed by atoms with van der Waals surface area (Å²) < 4.78 is 12.5. The number of hydrogen-bond acceptors (Lipinski definition) is 7. The Morgan fingerprint density at radius 1 is 1.36 bits per heavy atom. The molecule has 3 rings (SSSR count). The SMILES string of the molecule is CCCCOc1ccccc1[C@H]1C(C(=O)OC)=C(C)Nc2nnnn21. The van der Waals surface area contributed by atoms with Crippen LogP contribution in [0.3, 0.4) is 0 Å². The molecule has 8 nitrogen and oxygen atoms in total. The van der Waals surface area contributed by atoms with E-state index in [-0.39, 0.29) is 0 Å². The van der Waals surface area contributed by atoms with Crippen LogP contribution in [0, 0.1) is 0 Å². The molecule has 0 aliphatic carbocycles. The summed E-state index contributed by atoms with van der Waals surface area (Å²) in [5, 5.41) is 14.8. The van der Waals surface area contributed by atoms with Crippen molar-refractivity contribution < 1.29 is 14.3 Å². The summed E-state index contributed by atoms with van der Waals surface area (Å²) in [5.41, 5.74) is 1.92. The van der Waals surface area contributed by atoms with Gasteiger partial charge in [0.2, 0.25) is 5.95 Å². The Labute approximate surface area is 145 Å². The molecule has 1 aromatic carbocycles. The number of esters is 1. The third-order valence-corrected chi connectivity index (χ3v) is 4.09. The number of unbranched alkanes of at least 4 members (excludes halogenated alkanes) is 1. The van der Waals surface area contributed by atoms with Crippen LogP contribution in [-0.2, 0) is 9.53 Å². The first-order chi connectivity index (χ1) is 12.2. The van der Waals surface area contributed by atoms with E-state index < -0.39 is 12.0 Å². The molecule has 0 bridgehead atoms. The maximum absolute atomic E-state index is 12.4. The number of rotatable bonds is 6. The van der Waals surface area contributed by atoms with Gasteiger partial charge in [-0.15, -0.1) is 0 Å². The minimum absolute atomic E-state index is 0.431. The number of hydrogen-bond donors (Lipinski definition) is 1. The van der Waals surface area contributed by atoms with Crippen LogP contribution in [0.1, 0.15) is 38.3 Å². The van der Waals surface area contributed by atoms with Gasteiger partial charge in [-0.1, -0.05) is 36.6 Å². The molecule has 0 spiro atoms. The Balaban J connectivity index is 2.09. The van der Waals surface area contributed by atoms with Crippen molar-refractivity contribution in [2.45, 2.75) is 32.7 Å². The van der Waals surface area contributed by atoms with Crippen molar-refractivity contribution in [3.05, 3.63) is 41.1 Å². The van der Waals surface area contributed by atoms with Crippen molar-refractivity contribution in [3.8, 4) is 5.75 Å². The first-order valence-electron chi connectivity index (χ1n) is 8.23. The van der Waals surface area contributed by atoms with E-state index in [0.29, 0.717) is 29.6 Å². The molecular formula is C17H21N5O3. The van der Waals surface area contributed by atoms with Gasteiger partial charge < -0.3 is 14.8 Å². The van der Waals surface area contributed by atoms with Gasteiger partial charge in [0.1, 0.15) is 11.8 Å². The number of fused-ring (bicyclic) bond motifs is 1. The maximum atomic E-state index is 12.4. The molecule has 1 aromatic heterocycles. The van der Waals surface area contributed by atoms with Gasteiger partial charge in [0.15, 0.2) is 0 Å². The molecule has 8 heteroatoms. The van der Waals surface area contributed by atoms with E-state index in [4.69, 9.17) is 9.47 Å². The minimum Gasteiger partial charge on any atom is -0.493 e. The molecule has 1 atom stereocenters. The number of benzene rings is 1. The number of tetrazole rings is 1. The molecule has 0 saturated carbocycles. The lowest BCUT2D eigenvalue weighted by atomic mass is 9.95. The Morgan fingerprint density at radius 2 is 2.16 bits per heavy atom. The molecule has 0 radical (unpaired) electrons. The summed E-state index contributed by atoms with van der Waals surface area (Å²) in [6.07, 6.45) is 1.99. The summed E-state index contributed by atoms with van der Waals surface area (Å²) >= 11 is 0. The second-order valence-electron chi connectivity index (χ2n) is 5.74. The van der Waals surface area contributed by atoms with E-state index in [1.54, 1.807) is 11.6 Å². The number of ether oxygens (including phenoxy) is 2. The fourth-order valence-corrected chi connectivity index (χ4v) is 2.84. The number of nitrogens with zero attached hydrogens (tertiary/aromatic N) is 4. The van der Waals surface area contributed by atoms with Crippen LogP contribution < -0.4 is 10.1 Å². The van der Waals surface area contributed by atoms with Crippen molar-refractivity contribution in [2.24, 2.45) is 0 Å². The average Bonchev–Trinajstić information content (AvgIpc) is 3.08. The zero-order chi connectivity index (χ0) is 17.8. The highest BCUT2D eigenvalue weighted by molar-refractivity contribution is 5.92. The van der Waals surface area contributed by atoms with Crippen molar-refractivity contribution >= 4 is 11.9 Å². The highest BCUT2D eigenvalue weighted by Crippen LogP contribution is 2.38. The molecule has 132 valence electrons. The van der Waals surface area contributed by atoms with E-state index in [9.17, 15) is 4.79 Å². The summed E-state index contributed by atoms with van der Waals surface area (Å²) in [5.74, 6) is 0.747. The van der Waals surface area contributed by atoms with Crippen molar-refractivity contribution in [2.75, 3.05) is 19.0 Å². The number of carbonyl (C=O) groups excluding carboxylic acids is 1. The molecular weight excluding hydrogens is 322 g/mol. The topological polar surface area (TPSA) is 91.2 Å². The summed E-state index contributed by atoms with van der Waals surface area (Å²) in [6.45, 7) is 4.52. The number of allylic oxidation sites excluding steroid dienone is 1. The number of para-hydroxylation sites is 1. The number of methoxy groups -OCH3 is 1. The van der Waals surface area contributed by atoms with Gasteiger partial charge in [-0.05, 0) is 29.8 Å². The van der Waals surface area contributed by atoms with Gasteiger partial charge in [-0.2, -0.15) is 4.68 Å². The molecule has 1 N–H and O–H groups in total. The first-order valence-corrected chi connectivity index (χ1v) is 8.23. The molecule has 1 aliphatic rings. The molecule has 2 heterocycles. The lowest BCUT2D eigenvalue weighted by molar-refractivity contribution is -0.136. The second kappa shape index (κ2) is 7.33. The van der Waals surface area contributed by atoms with E-state index in [1.807, 2.05) is 24.3 Å². The summed E-state index contributed by atoms with van der Waals surface area (Å²) in [4.78, 5) is 12.4. The van der Waals surface area contributed by atoms with Gasteiger partial charge in [-0.3, -0.25) is 0 Å². The third kappa shape index (κ3) is 3.19. The minimum atomic E-state index is -0.517. The monoisotopic (exact) mass is 343 g/mol. The molecule has 0 unspecified atom stereocenters. The van der Waals surface area contributed by atoms with E-state index in [2.05, 4.69) is 27.8 Å². The van der Waals surface area contributed by atoms with Gasteiger partial charge in [0.05, 0.1) is 19.3 Å². The molecule has 0 amide bonds. The van der Waals surface area contributed by atoms with Crippen LogP contribution in [-0.4, -0.2) is 39.9 Å². The third-order valence-electron chi connectivity index (χ3n) is 4.09. The fraction of sp³-hybridized carbons (Fsp3) is 0.412.